The van der Waals surface area contributed by atoms with Gasteiger partial charge in [-0.25, -0.2) is 0 Å². The molecule has 2 aromatic rings. The maximum Gasteiger partial charge on any atom is 0.287 e. The molecule has 0 saturated heterocycles. The van der Waals surface area contributed by atoms with Crippen molar-refractivity contribution in [1.29, 1.82) is 0 Å². The number of carbonyl (C=O) groups excluding carboxylic acids is 2. The van der Waals surface area contributed by atoms with Crippen LogP contribution in [0.25, 0.3) is 11.0 Å². The first-order valence-electron chi connectivity index (χ1n) is 7.82. The van der Waals surface area contributed by atoms with E-state index in [1.165, 1.54) is 0 Å². The molecule has 2 N–H and O–H groups in total. The molecule has 0 unspecified atom stereocenters. The fourth-order valence-corrected chi connectivity index (χ4v) is 2.42. The van der Waals surface area contributed by atoms with E-state index in [2.05, 4.69) is 10.6 Å². The predicted octanol–water partition coefficient (Wildman–Crippen LogP) is 2.15. The molecule has 122 valence electrons. The van der Waals surface area contributed by atoms with Crippen LogP contribution in [0.2, 0.25) is 0 Å². The second-order valence-corrected chi connectivity index (χ2v) is 5.67. The molecule has 1 aromatic carbocycles. The van der Waals surface area contributed by atoms with Crippen LogP contribution in [-0.4, -0.2) is 31.0 Å². The van der Waals surface area contributed by atoms with Crippen LogP contribution < -0.4 is 15.4 Å². The van der Waals surface area contributed by atoms with Crippen molar-refractivity contribution in [3.8, 4) is 5.75 Å². The van der Waals surface area contributed by atoms with Crippen molar-refractivity contribution < 1.29 is 18.7 Å². The maximum absolute atomic E-state index is 12.2. The first kappa shape index (κ1) is 15.4. The number of benzene rings is 1. The molecule has 1 aliphatic rings. The smallest absolute Gasteiger partial charge is 0.287 e. The van der Waals surface area contributed by atoms with Gasteiger partial charge in [0.25, 0.3) is 5.91 Å². The Morgan fingerprint density at radius 1 is 1.35 bits per heavy atom. The minimum absolute atomic E-state index is 0.0456. The lowest BCUT2D eigenvalue weighted by Crippen LogP contribution is -2.37. The van der Waals surface area contributed by atoms with Gasteiger partial charge >= 0.3 is 0 Å². The van der Waals surface area contributed by atoms with E-state index in [1.54, 1.807) is 12.1 Å². The lowest BCUT2D eigenvalue weighted by Gasteiger charge is -2.04. The Morgan fingerprint density at radius 3 is 2.83 bits per heavy atom. The van der Waals surface area contributed by atoms with Crippen LogP contribution in [0.15, 0.2) is 22.6 Å². The van der Waals surface area contributed by atoms with Crippen molar-refractivity contribution in [3.05, 3.63) is 29.5 Å². The number of nitrogens with one attached hydrogen (secondary N) is 2. The van der Waals surface area contributed by atoms with E-state index in [-0.39, 0.29) is 30.2 Å². The standard InChI is InChI=1S/C17H20N2O4/c1-3-22-12-6-7-14-13(8-12)10(2)16(23-14)17(21)18-9-15(20)19-11-4-5-11/h6-8,11H,3-5,9H2,1-2H3,(H,18,21)(H,19,20). The Bertz CT molecular complexity index is 746. The summed E-state index contributed by atoms with van der Waals surface area (Å²) in [7, 11) is 0. The van der Waals surface area contributed by atoms with E-state index in [4.69, 9.17) is 9.15 Å². The monoisotopic (exact) mass is 316 g/mol. The molecule has 0 aliphatic heterocycles. The molecule has 1 aliphatic carbocycles. The maximum atomic E-state index is 12.2. The van der Waals surface area contributed by atoms with Crippen molar-refractivity contribution in [1.82, 2.24) is 10.6 Å². The normalized spacial score (nSPS) is 13.8. The Labute approximate surface area is 134 Å². The van der Waals surface area contributed by atoms with Crippen LogP contribution in [-0.2, 0) is 4.79 Å². The molecule has 2 amide bonds. The minimum Gasteiger partial charge on any atom is -0.494 e. The second-order valence-electron chi connectivity index (χ2n) is 5.67. The highest BCUT2D eigenvalue weighted by molar-refractivity contribution is 6.00. The van der Waals surface area contributed by atoms with E-state index >= 15 is 0 Å². The van der Waals surface area contributed by atoms with Crippen molar-refractivity contribution in [2.75, 3.05) is 13.2 Å². The number of hydrogen-bond acceptors (Lipinski definition) is 4. The summed E-state index contributed by atoms with van der Waals surface area (Å²) in [6.07, 6.45) is 2.04. The molecule has 0 radical (unpaired) electrons. The molecule has 6 nitrogen and oxygen atoms in total. The van der Waals surface area contributed by atoms with Crippen LogP contribution in [0.4, 0.5) is 0 Å². The van der Waals surface area contributed by atoms with Gasteiger partial charge in [-0.2, -0.15) is 0 Å². The molecule has 0 bridgehead atoms. The van der Waals surface area contributed by atoms with E-state index < -0.39 is 0 Å². The number of ether oxygens (including phenoxy) is 1. The summed E-state index contributed by atoms with van der Waals surface area (Å²) >= 11 is 0. The summed E-state index contributed by atoms with van der Waals surface area (Å²) in [6, 6.07) is 5.72. The summed E-state index contributed by atoms with van der Waals surface area (Å²) in [5.41, 5.74) is 1.36. The van der Waals surface area contributed by atoms with Crippen LogP contribution in [0.3, 0.4) is 0 Å². The molecule has 0 spiro atoms. The quantitative estimate of drug-likeness (QED) is 0.855. The van der Waals surface area contributed by atoms with Crippen molar-refractivity contribution in [2.45, 2.75) is 32.7 Å². The number of carbonyl (C=O) groups is 2. The van der Waals surface area contributed by atoms with Crippen LogP contribution in [0.5, 0.6) is 5.75 Å². The Kier molecular flexibility index (Phi) is 4.23. The van der Waals surface area contributed by atoms with Gasteiger partial charge in [0, 0.05) is 17.0 Å². The highest BCUT2D eigenvalue weighted by Crippen LogP contribution is 2.28. The SMILES string of the molecule is CCOc1ccc2oc(C(=O)NCC(=O)NC3CC3)c(C)c2c1. The molecular formula is C17H20N2O4. The third kappa shape index (κ3) is 3.47. The van der Waals surface area contributed by atoms with Gasteiger partial charge < -0.3 is 19.8 Å². The molecule has 6 heteroatoms. The predicted molar refractivity (Wildman–Crippen MR) is 85.6 cm³/mol. The average Bonchev–Trinajstić information content (AvgIpc) is 3.28. The zero-order valence-electron chi connectivity index (χ0n) is 13.3. The molecule has 3 rings (SSSR count). The molecular weight excluding hydrogens is 296 g/mol. The topological polar surface area (TPSA) is 80.6 Å². The van der Waals surface area contributed by atoms with Crippen molar-refractivity contribution in [2.24, 2.45) is 0 Å². The van der Waals surface area contributed by atoms with Gasteiger partial charge in [0.2, 0.25) is 5.91 Å². The van der Waals surface area contributed by atoms with Crippen LogP contribution in [0.1, 0.15) is 35.9 Å². The zero-order chi connectivity index (χ0) is 16.4. The van der Waals surface area contributed by atoms with Crippen LogP contribution >= 0.6 is 0 Å². The van der Waals surface area contributed by atoms with Crippen molar-refractivity contribution in [3.63, 3.8) is 0 Å². The van der Waals surface area contributed by atoms with Crippen molar-refractivity contribution >= 4 is 22.8 Å². The van der Waals surface area contributed by atoms with Gasteiger partial charge in [-0.3, -0.25) is 9.59 Å². The third-order valence-electron chi connectivity index (χ3n) is 3.78. The molecule has 1 fully saturated rings. The van der Waals surface area contributed by atoms with Gasteiger partial charge in [0.05, 0.1) is 13.2 Å². The Balaban J connectivity index is 1.71. The highest BCUT2D eigenvalue weighted by atomic mass is 16.5. The zero-order valence-corrected chi connectivity index (χ0v) is 13.3. The van der Waals surface area contributed by atoms with Gasteiger partial charge in [-0.1, -0.05) is 0 Å². The summed E-state index contributed by atoms with van der Waals surface area (Å²) in [5.74, 6) is 0.406. The second kappa shape index (κ2) is 6.32. The van der Waals surface area contributed by atoms with Gasteiger partial charge in [-0.15, -0.1) is 0 Å². The first-order chi connectivity index (χ1) is 11.1. The third-order valence-corrected chi connectivity index (χ3v) is 3.78. The van der Waals surface area contributed by atoms with Gasteiger partial charge in [0.1, 0.15) is 11.3 Å². The largest absolute Gasteiger partial charge is 0.494 e. The number of furan rings is 1. The number of amides is 2. The van der Waals surface area contributed by atoms with Gasteiger partial charge in [-0.05, 0) is 44.9 Å². The fourth-order valence-electron chi connectivity index (χ4n) is 2.42. The molecule has 0 atom stereocenters. The number of fused-ring (bicyclic) bond motifs is 1. The highest BCUT2D eigenvalue weighted by Gasteiger charge is 2.24. The number of rotatable bonds is 6. The fraction of sp³-hybridized carbons (Fsp3) is 0.412. The molecule has 1 saturated carbocycles. The number of aryl methyl sites for hydroxylation is 1. The van der Waals surface area contributed by atoms with E-state index in [0.717, 1.165) is 29.5 Å². The lowest BCUT2D eigenvalue weighted by molar-refractivity contribution is -0.120. The van der Waals surface area contributed by atoms with E-state index in [9.17, 15) is 9.59 Å². The Hall–Kier alpha value is -2.50. The van der Waals surface area contributed by atoms with Crippen LogP contribution in [0, 0.1) is 6.92 Å². The van der Waals surface area contributed by atoms with Gasteiger partial charge in [0.15, 0.2) is 5.76 Å². The molecule has 23 heavy (non-hydrogen) atoms. The summed E-state index contributed by atoms with van der Waals surface area (Å²) in [4.78, 5) is 23.9. The summed E-state index contributed by atoms with van der Waals surface area (Å²) in [5, 5.41) is 6.26. The van der Waals surface area contributed by atoms with E-state index in [1.807, 2.05) is 19.9 Å². The molecule has 1 heterocycles. The van der Waals surface area contributed by atoms with E-state index in [0.29, 0.717) is 12.2 Å². The Morgan fingerprint density at radius 2 is 2.13 bits per heavy atom. The lowest BCUT2D eigenvalue weighted by atomic mass is 10.1. The summed E-state index contributed by atoms with van der Waals surface area (Å²) < 4.78 is 11.1. The first-order valence-corrected chi connectivity index (χ1v) is 7.82. The molecule has 1 aromatic heterocycles. The average molecular weight is 316 g/mol. The minimum atomic E-state index is -0.386. The summed E-state index contributed by atoms with van der Waals surface area (Å²) in [6.45, 7) is 4.26. The number of hydrogen-bond donors (Lipinski definition) is 2.